The zero-order chi connectivity index (χ0) is 9.78. The van der Waals surface area contributed by atoms with Crippen LogP contribution in [0, 0.1) is 5.92 Å². The second-order valence-electron chi connectivity index (χ2n) is 4.07. The summed E-state index contributed by atoms with van der Waals surface area (Å²) in [5, 5.41) is 13.0. The molecule has 0 bridgehead atoms. The molecular formula is C10H21NO. The van der Waals surface area contributed by atoms with E-state index in [1.165, 1.54) is 0 Å². The number of hydrogen-bond acceptors (Lipinski definition) is 2. The highest BCUT2D eigenvalue weighted by Gasteiger charge is 2.23. The van der Waals surface area contributed by atoms with Crippen molar-refractivity contribution in [2.75, 3.05) is 13.1 Å². The second kappa shape index (κ2) is 4.63. The van der Waals surface area contributed by atoms with E-state index in [-0.39, 0.29) is 5.92 Å². The summed E-state index contributed by atoms with van der Waals surface area (Å²) >= 11 is 0. The molecule has 0 aliphatic heterocycles. The smallest absolute Gasteiger partial charge is 0.0766 e. The molecule has 0 aromatic heterocycles. The van der Waals surface area contributed by atoms with Crippen molar-refractivity contribution in [1.82, 2.24) is 5.32 Å². The van der Waals surface area contributed by atoms with E-state index in [9.17, 15) is 5.11 Å². The SMILES string of the molecule is C=C(C)CNCC(C)(O)C(C)C. The molecule has 0 saturated carbocycles. The molecule has 0 rings (SSSR count). The largest absolute Gasteiger partial charge is 0.389 e. The first-order valence-electron chi connectivity index (χ1n) is 4.43. The fourth-order valence-corrected chi connectivity index (χ4v) is 0.733. The highest BCUT2D eigenvalue weighted by Crippen LogP contribution is 2.14. The van der Waals surface area contributed by atoms with Gasteiger partial charge < -0.3 is 10.4 Å². The number of aliphatic hydroxyl groups is 1. The topological polar surface area (TPSA) is 32.3 Å². The van der Waals surface area contributed by atoms with E-state index in [2.05, 4.69) is 11.9 Å². The maximum absolute atomic E-state index is 9.81. The van der Waals surface area contributed by atoms with Crippen LogP contribution in [-0.2, 0) is 0 Å². The van der Waals surface area contributed by atoms with E-state index < -0.39 is 5.60 Å². The fraction of sp³-hybridized carbons (Fsp3) is 0.800. The quantitative estimate of drug-likeness (QED) is 0.615. The molecule has 0 aromatic carbocycles. The molecule has 2 N–H and O–H groups in total. The van der Waals surface area contributed by atoms with Gasteiger partial charge in [0.25, 0.3) is 0 Å². The van der Waals surface area contributed by atoms with Crippen molar-refractivity contribution >= 4 is 0 Å². The first-order valence-corrected chi connectivity index (χ1v) is 4.43. The lowest BCUT2D eigenvalue weighted by molar-refractivity contribution is 0.0150. The Bertz CT molecular complexity index is 150. The van der Waals surface area contributed by atoms with E-state index in [0.717, 1.165) is 12.1 Å². The lowest BCUT2D eigenvalue weighted by Crippen LogP contribution is -2.42. The summed E-state index contributed by atoms with van der Waals surface area (Å²) in [6, 6.07) is 0. The Balaban J connectivity index is 3.69. The Labute approximate surface area is 75.7 Å². The lowest BCUT2D eigenvalue weighted by atomic mass is 9.92. The van der Waals surface area contributed by atoms with Crippen molar-refractivity contribution in [3.05, 3.63) is 12.2 Å². The molecule has 72 valence electrons. The molecule has 0 saturated heterocycles. The molecule has 2 nitrogen and oxygen atoms in total. The summed E-state index contributed by atoms with van der Waals surface area (Å²) in [5.41, 5.74) is 0.477. The Morgan fingerprint density at radius 1 is 1.58 bits per heavy atom. The molecule has 0 aliphatic carbocycles. The van der Waals surface area contributed by atoms with Gasteiger partial charge in [-0.2, -0.15) is 0 Å². The monoisotopic (exact) mass is 171 g/mol. The zero-order valence-electron chi connectivity index (χ0n) is 8.65. The molecule has 0 radical (unpaired) electrons. The first kappa shape index (κ1) is 11.7. The van der Waals surface area contributed by atoms with Crippen LogP contribution >= 0.6 is 0 Å². The van der Waals surface area contributed by atoms with Crippen LogP contribution in [0.5, 0.6) is 0 Å². The van der Waals surface area contributed by atoms with Crippen LogP contribution in [0.2, 0.25) is 0 Å². The number of hydrogen-bond donors (Lipinski definition) is 2. The van der Waals surface area contributed by atoms with Gasteiger partial charge in [-0.05, 0) is 19.8 Å². The van der Waals surface area contributed by atoms with E-state index in [1.54, 1.807) is 0 Å². The number of rotatable bonds is 5. The van der Waals surface area contributed by atoms with Crippen molar-refractivity contribution in [3.8, 4) is 0 Å². The van der Waals surface area contributed by atoms with Crippen LogP contribution in [0.25, 0.3) is 0 Å². The molecule has 0 aromatic rings. The molecular weight excluding hydrogens is 150 g/mol. The average molecular weight is 171 g/mol. The maximum atomic E-state index is 9.81. The highest BCUT2D eigenvalue weighted by atomic mass is 16.3. The minimum absolute atomic E-state index is 0.273. The molecule has 1 unspecified atom stereocenters. The van der Waals surface area contributed by atoms with Gasteiger partial charge in [0, 0.05) is 13.1 Å². The van der Waals surface area contributed by atoms with E-state index in [1.807, 2.05) is 27.7 Å². The first-order chi connectivity index (χ1) is 5.36. The van der Waals surface area contributed by atoms with E-state index in [4.69, 9.17) is 0 Å². The van der Waals surface area contributed by atoms with Crippen LogP contribution in [0.15, 0.2) is 12.2 Å². The van der Waals surface area contributed by atoms with Gasteiger partial charge in [-0.1, -0.05) is 26.0 Å². The molecule has 0 spiro atoms. The standard InChI is InChI=1S/C10H21NO/c1-8(2)6-11-7-10(5,12)9(3)4/h9,11-12H,1,6-7H2,2-5H3. The minimum Gasteiger partial charge on any atom is -0.389 e. The van der Waals surface area contributed by atoms with E-state index in [0.29, 0.717) is 6.54 Å². The van der Waals surface area contributed by atoms with Gasteiger partial charge in [-0.25, -0.2) is 0 Å². The lowest BCUT2D eigenvalue weighted by Gasteiger charge is -2.27. The summed E-state index contributed by atoms with van der Waals surface area (Å²) < 4.78 is 0. The minimum atomic E-state index is -0.616. The predicted octanol–water partition coefficient (Wildman–Crippen LogP) is 1.56. The van der Waals surface area contributed by atoms with Gasteiger partial charge in [0.15, 0.2) is 0 Å². The fourth-order valence-electron chi connectivity index (χ4n) is 0.733. The van der Waals surface area contributed by atoms with Crippen molar-refractivity contribution < 1.29 is 5.11 Å². The van der Waals surface area contributed by atoms with Crippen LogP contribution in [-0.4, -0.2) is 23.8 Å². The zero-order valence-corrected chi connectivity index (χ0v) is 8.65. The predicted molar refractivity (Wildman–Crippen MR) is 53.1 cm³/mol. The van der Waals surface area contributed by atoms with Crippen LogP contribution < -0.4 is 5.32 Å². The van der Waals surface area contributed by atoms with Gasteiger partial charge in [-0.15, -0.1) is 0 Å². The summed E-state index contributed by atoms with van der Waals surface area (Å²) in [4.78, 5) is 0. The third kappa shape index (κ3) is 4.52. The van der Waals surface area contributed by atoms with Crippen molar-refractivity contribution in [2.24, 2.45) is 5.92 Å². The van der Waals surface area contributed by atoms with E-state index >= 15 is 0 Å². The Hall–Kier alpha value is -0.340. The Morgan fingerprint density at radius 2 is 2.08 bits per heavy atom. The van der Waals surface area contributed by atoms with Gasteiger partial charge in [0.2, 0.25) is 0 Å². The molecule has 1 atom stereocenters. The normalized spacial score (nSPS) is 16.2. The maximum Gasteiger partial charge on any atom is 0.0766 e. The summed E-state index contributed by atoms with van der Waals surface area (Å²) in [6.45, 7) is 13.0. The third-order valence-electron chi connectivity index (χ3n) is 2.15. The third-order valence-corrected chi connectivity index (χ3v) is 2.15. The Kier molecular flexibility index (Phi) is 4.50. The van der Waals surface area contributed by atoms with Crippen LogP contribution in [0.4, 0.5) is 0 Å². The molecule has 0 heterocycles. The second-order valence-corrected chi connectivity index (χ2v) is 4.07. The molecule has 2 heteroatoms. The van der Waals surface area contributed by atoms with Gasteiger partial charge in [-0.3, -0.25) is 0 Å². The average Bonchev–Trinajstić information content (AvgIpc) is 1.85. The summed E-state index contributed by atoms with van der Waals surface area (Å²) in [6.07, 6.45) is 0. The molecule has 0 fully saturated rings. The molecule has 0 aliphatic rings. The van der Waals surface area contributed by atoms with Crippen molar-refractivity contribution in [3.63, 3.8) is 0 Å². The summed E-state index contributed by atoms with van der Waals surface area (Å²) in [5.74, 6) is 0.273. The van der Waals surface area contributed by atoms with Gasteiger partial charge in [0.1, 0.15) is 0 Å². The van der Waals surface area contributed by atoms with Crippen LogP contribution in [0.1, 0.15) is 27.7 Å². The summed E-state index contributed by atoms with van der Waals surface area (Å²) in [7, 11) is 0. The Morgan fingerprint density at radius 3 is 2.42 bits per heavy atom. The van der Waals surface area contributed by atoms with Crippen molar-refractivity contribution in [1.29, 1.82) is 0 Å². The molecule has 0 amide bonds. The van der Waals surface area contributed by atoms with Crippen LogP contribution in [0.3, 0.4) is 0 Å². The van der Waals surface area contributed by atoms with Gasteiger partial charge >= 0.3 is 0 Å². The number of nitrogens with one attached hydrogen (secondary N) is 1. The molecule has 12 heavy (non-hydrogen) atoms. The van der Waals surface area contributed by atoms with Crippen molar-refractivity contribution in [2.45, 2.75) is 33.3 Å². The van der Waals surface area contributed by atoms with Gasteiger partial charge in [0.05, 0.1) is 5.60 Å². The highest BCUT2D eigenvalue weighted by molar-refractivity contribution is 4.92.